The van der Waals surface area contributed by atoms with Crippen molar-refractivity contribution in [1.29, 1.82) is 0 Å². The van der Waals surface area contributed by atoms with Crippen LogP contribution in [0.3, 0.4) is 0 Å². The fourth-order valence-corrected chi connectivity index (χ4v) is 7.74. The average molecular weight is 332 g/mol. The Morgan fingerprint density at radius 2 is 1.88 bits per heavy atom. The lowest BCUT2D eigenvalue weighted by Crippen LogP contribution is -2.65. The van der Waals surface area contributed by atoms with Gasteiger partial charge >= 0.3 is 5.97 Å². The van der Waals surface area contributed by atoms with Crippen LogP contribution >= 0.6 is 0 Å². The van der Waals surface area contributed by atoms with Crippen molar-refractivity contribution in [1.82, 2.24) is 0 Å². The van der Waals surface area contributed by atoms with Crippen LogP contribution in [-0.4, -0.2) is 24.3 Å². The van der Waals surface area contributed by atoms with Crippen LogP contribution in [0.4, 0.5) is 0 Å². The summed E-state index contributed by atoms with van der Waals surface area (Å²) in [7, 11) is 1.53. The Labute approximate surface area is 145 Å². The van der Waals surface area contributed by atoms with E-state index in [1.165, 1.54) is 26.4 Å². The van der Waals surface area contributed by atoms with Crippen LogP contribution in [-0.2, 0) is 9.53 Å². The minimum Gasteiger partial charge on any atom is -0.469 e. The molecule has 5 saturated carbocycles. The number of aliphatic hydroxyl groups is 1. The average Bonchev–Trinajstić information content (AvgIpc) is 2.58. The Morgan fingerprint density at radius 1 is 1.17 bits per heavy atom. The number of hydrogen-bond acceptors (Lipinski definition) is 3. The topological polar surface area (TPSA) is 46.5 Å². The molecule has 5 rings (SSSR count). The summed E-state index contributed by atoms with van der Waals surface area (Å²) in [5.74, 6) is 1.35. The van der Waals surface area contributed by atoms with Crippen LogP contribution in [0.1, 0.15) is 65.2 Å². The maximum absolute atomic E-state index is 12.6. The van der Waals surface area contributed by atoms with E-state index in [0.717, 1.165) is 37.7 Å². The van der Waals surface area contributed by atoms with Crippen molar-refractivity contribution in [3.63, 3.8) is 0 Å². The van der Waals surface area contributed by atoms with Gasteiger partial charge in [-0.05, 0) is 80.6 Å². The van der Waals surface area contributed by atoms with Gasteiger partial charge in [0.05, 0.1) is 18.6 Å². The first-order valence-electron chi connectivity index (χ1n) is 9.75. The lowest BCUT2D eigenvalue weighted by molar-refractivity contribution is -0.212. The Morgan fingerprint density at radius 3 is 2.58 bits per heavy atom. The van der Waals surface area contributed by atoms with E-state index in [2.05, 4.69) is 20.4 Å². The molecule has 1 spiro atoms. The number of ether oxygens (including phenoxy) is 1. The van der Waals surface area contributed by atoms with Gasteiger partial charge in [-0.25, -0.2) is 0 Å². The Balaban J connectivity index is 1.76. The summed E-state index contributed by atoms with van der Waals surface area (Å²) in [5, 5.41) is 11.1. The molecular formula is C21H32O3. The van der Waals surface area contributed by atoms with Gasteiger partial charge in [0.1, 0.15) is 0 Å². The zero-order valence-electron chi connectivity index (χ0n) is 15.4. The van der Waals surface area contributed by atoms with Crippen LogP contribution in [0.15, 0.2) is 12.2 Å². The fourth-order valence-electron chi connectivity index (χ4n) is 7.74. The van der Waals surface area contributed by atoms with Gasteiger partial charge in [0.25, 0.3) is 0 Å². The third kappa shape index (κ3) is 1.80. The Hall–Kier alpha value is -0.830. The Kier molecular flexibility index (Phi) is 3.53. The molecule has 5 aliphatic rings. The van der Waals surface area contributed by atoms with Crippen molar-refractivity contribution < 1.29 is 14.6 Å². The zero-order valence-corrected chi connectivity index (χ0v) is 15.4. The minimum absolute atomic E-state index is 0.0193. The molecule has 3 heteroatoms. The summed E-state index contributed by atoms with van der Waals surface area (Å²) in [6.07, 6.45) is 8.46. The molecule has 5 unspecified atom stereocenters. The molecule has 5 aliphatic carbocycles. The summed E-state index contributed by atoms with van der Waals surface area (Å²) < 4.78 is 5.22. The number of fused-ring (bicyclic) bond motifs is 3. The van der Waals surface area contributed by atoms with Crippen molar-refractivity contribution >= 4 is 5.97 Å². The molecule has 0 amide bonds. The monoisotopic (exact) mass is 332 g/mol. The van der Waals surface area contributed by atoms with Gasteiger partial charge in [-0.2, -0.15) is 0 Å². The lowest BCUT2D eigenvalue weighted by Gasteiger charge is -2.68. The summed E-state index contributed by atoms with van der Waals surface area (Å²) >= 11 is 0. The maximum atomic E-state index is 12.6. The third-order valence-electron chi connectivity index (χ3n) is 8.92. The molecule has 134 valence electrons. The molecule has 5 fully saturated rings. The predicted octanol–water partition coefficient (Wildman–Crippen LogP) is 4.10. The van der Waals surface area contributed by atoms with E-state index in [-0.39, 0.29) is 28.3 Å². The normalized spacial score (nSPS) is 53.2. The van der Waals surface area contributed by atoms with Gasteiger partial charge < -0.3 is 9.84 Å². The first kappa shape index (κ1) is 16.6. The minimum atomic E-state index is -0.359. The van der Waals surface area contributed by atoms with E-state index >= 15 is 0 Å². The van der Waals surface area contributed by atoms with E-state index in [0.29, 0.717) is 17.8 Å². The van der Waals surface area contributed by atoms with Crippen molar-refractivity contribution in [2.45, 2.75) is 71.3 Å². The van der Waals surface area contributed by atoms with Gasteiger partial charge in [-0.1, -0.05) is 19.9 Å². The van der Waals surface area contributed by atoms with Crippen molar-refractivity contribution in [2.75, 3.05) is 7.11 Å². The highest BCUT2D eigenvalue weighted by Gasteiger charge is 2.67. The van der Waals surface area contributed by atoms with E-state index in [1.807, 2.05) is 0 Å². The molecule has 24 heavy (non-hydrogen) atoms. The van der Waals surface area contributed by atoms with Gasteiger partial charge in [0.15, 0.2) is 0 Å². The van der Waals surface area contributed by atoms with Crippen LogP contribution in [0, 0.1) is 34.0 Å². The van der Waals surface area contributed by atoms with E-state index in [4.69, 9.17) is 4.74 Å². The second kappa shape index (κ2) is 5.09. The molecule has 0 aromatic heterocycles. The van der Waals surface area contributed by atoms with Crippen molar-refractivity contribution in [2.24, 2.45) is 34.0 Å². The lowest BCUT2D eigenvalue weighted by atomic mass is 9.36. The van der Waals surface area contributed by atoms with Crippen LogP contribution < -0.4 is 0 Å². The number of hydrogen-bond donors (Lipinski definition) is 1. The quantitative estimate of drug-likeness (QED) is 0.581. The highest BCUT2D eigenvalue weighted by atomic mass is 16.5. The second-order valence-corrected chi connectivity index (χ2v) is 9.59. The highest BCUT2D eigenvalue weighted by molar-refractivity contribution is 5.77. The smallest absolute Gasteiger partial charge is 0.311 e. The number of methoxy groups -OCH3 is 1. The molecule has 0 aromatic carbocycles. The van der Waals surface area contributed by atoms with Crippen molar-refractivity contribution in [3.8, 4) is 0 Å². The third-order valence-corrected chi connectivity index (χ3v) is 8.92. The molecule has 7 atom stereocenters. The fraction of sp³-hybridized carbons (Fsp3) is 0.857. The SMILES string of the molecule is C=C1C2CCC3(CCC4[C@@](C)(CCC[C@@]4(C)C(=O)OC)C3C2)C1O. The molecule has 1 N–H and O–H groups in total. The van der Waals surface area contributed by atoms with Gasteiger partial charge in [0.2, 0.25) is 0 Å². The summed E-state index contributed by atoms with van der Waals surface area (Å²) in [4.78, 5) is 12.6. The highest BCUT2D eigenvalue weighted by Crippen LogP contribution is 2.72. The zero-order chi connectivity index (χ0) is 17.3. The number of carbonyl (C=O) groups excluding carboxylic acids is 1. The molecular weight excluding hydrogens is 300 g/mol. The van der Waals surface area contributed by atoms with E-state index in [9.17, 15) is 9.90 Å². The van der Waals surface area contributed by atoms with E-state index in [1.54, 1.807) is 0 Å². The van der Waals surface area contributed by atoms with Gasteiger partial charge in [-0.3, -0.25) is 4.79 Å². The predicted molar refractivity (Wildman–Crippen MR) is 93.2 cm³/mol. The number of aliphatic hydroxyl groups excluding tert-OH is 1. The van der Waals surface area contributed by atoms with Crippen molar-refractivity contribution in [3.05, 3.63) is 12.2 Å². The Bertz CT molecular complexity index is 584. The van der Waals surface area contributed by atoms with Crippen LogP contribution in [0.2, 0.25) is 0 Å². The summed E-state index contributed by atoms with van der Waals surface area (Å²) in [6.45, 7) is 8.79. The number of carbonyl (C=O) groups is 1. The largest absolute Gasteiger partial charge is 0.469 e. The van der Waals surface area contributed by atoms with Crippen LogP contribution in [0.5, 0.6) is 0 Å². The van der Waals surface area contributed by atoms with E-state index < -0.39 is 0 Å². The molecule has 3 nitrogen and oxygen atoms in total. The first-order chi connectivity index (χ1) is 11.3. The summed E-state index contributed by atoms with van der Waals surface area (Å²) in [5.41, 5.74) is 0.888. The molecule has 0 aliphatic heterocycles. The number of esters is 1. The standard InChI is InChI=1S/C21H32O3/c1-13-14-6-10-21(17(13)22)11-7-15-19(2,16(21)12-14)8-5-9-20(15,3)18(23)24-4/h14-17,22H,1,5-12H2,2-4H3/t14?,15?,16?,17?,19-,20-,21?/m1/s1. The maximum Gasteiger partial charge on any atom is 0.311 e. The molecule has 0 saturated heterocycles. The molecule has 0 radical (unpaired) electrons. The van der Waals surface area contributed by atoms with Crippen LogP contribution in [0.25, 0.3) is 0 Å². The second-order valence-electron chi connectivity index (χ2n) is 9.59. The first-order valence-corrected chi connectivity index (χ1v) is 9.75. The summed E-state index contributed by atoms with van der Waals surface area (Å²) in [6, 6.07) is 0. The van der Waals surface area contributed by atoms with Gasteiger partial charge in [0, 0.05) is 5.41 Å². The van der Waals surface area contributed by atoms with Gasteiger partial charge in [-0.15, -0.1) is 0 Å². The molecule has 0 heterocycles. The molecule has 0 aromatic rings. The number of rotatable bonds is 1. The molecule has 2 bridgehead atoms.